The largest absolute Gasteiger partial charge is 0.459 e. The number of carbonyl (C=O) groups excluding carboxylic acids is 2. The summed E-state index contributed by atoms with van der Waals surface area (Å²) in [7, 11) is 0. The molecule has 3 N–H and O–H groups in total. The lowest BCUT2D eigenvalue weighted by Gasteiger charge is -2.18. The van der Waals surface area contributed by atoms with Gasteiger partial charge in [0, 0.05) is 19.6 Å². The number of furan rings is 1. The Kier molecular flexibility index (Phi) is 6.38. The van der Waals surface area contributed by atoms with E-state index >= 15 is 0 Å². The molecule has 1 atom stereocenters. The number of carbonyl (C=O) groups is 2. The maximum Gasteiger partial charge on any atom is 0.286 e. The van der Waals surface area contributed by atoms with Gasteiger partial charge >= 0.3 is 0 Å². The summed E-state index contributed by atoms with van der Waals surface area (Å²) in [5, 5.41) is 14.6. The topological polar surface area (TPSA) is 91.6 Å². The summed E-state index contributed by atoms with van der Waals surface area (Å²) >= 11 is 0. The highest BCUT2D eigenvalue weighted by Gasteiger charge is 2.14. The van der Waals surface area contributed by atoms with Crippen molar-refractivity contribution in [2.45, 2.75) is 18.9 Å². The van der Waals surface area contributed by atoms with Crippen LogP contribution >= 0.6 is 0 Å². The Morgan fingerprint density at radius 2 is 1.91 bits per heavy atom. The van der Waals surface area contributed by atoms with Crippen LogP contribution in [0.1, 0.15) is 35.0 Å². The molecule has 0 aliphatic rings. The Bertz CT molecular complexity index is 611. The van der Waals surface area contributed by atoms with E-state index in [0.29, 0.717) is 6.42 Å². The number of amides is 2. The van der Waals surface area contributed by atoms with E-state index in [1.165, 1.54) is 6.26 Å². The van der Waals surface area contributed by atoms with Crippen LogP contribution in [0.15, 0.2) is 53.1 Å². The number of hydrogen-bond acceptors (Lipinski definition) is 4. The first kappa shape index (κ1) is 16.8. The Labute approximate surface area is 134 Å². The summed E-state index contributed by atoms with van der Waals surface area (Å²) in [5.41, 5.74) is 0.939. The normalized spacial score (nSPS) is 11.7. The maximum atomic E-state index is 12.0. The molecule has 0 radical (unpaired) electrons. The predicted molar refractivity (Wildman–Crippen MR) is 84.7 cm³/mol. The van der Waals surface area contributed by atoms with Crippen molar-refractivity contribution in [2.75, 3.05) is 13.2 Å². The summed E-state index contributed by atoms with van der Waals surface area (Å²) in [5.74, 6) is -0.322. The third-order valence-electron chi connectivity index (χ3n) is 3.34. The second-order valence-corrected chi connectivity index (χ2v) is 5.03. The maximum absolute atomic E-state index is 12.0. The van der Waals surface area contributed by atoms with Gasteiger partial charge in [-0.05, 0) is 24.1 Å². The summed E-state index contributed by atoms with van der Waals surface area (Å²) in [6.07, 6.45) is 2.01. The zero-order valence-electron chi connectivity index (χ0n) is 12.7. The first-order chi connectivity index (χ1) is 11.2. The van der Waals surface area contributed by atoms with E-state index in [9.17, 15) is 9.59 Å². The van der Waals surface area contributed by atoms with Crippen LogP contribution in [0.4, 0.5) is 0 Å². The van der Waals surface area contributed by atoms with Gasteiger partial charge in [-0.3, -0.25) is 9.59 Å². The van der Waals surface area contributed by atoms with Crippen molar-refractivity contribution in [1.29, 1.82) is 0 Å². The lowest BCUT2D eigenvalue weighted by molar-refractivity contribution is -0.121. The number of aliphatic hydroxyl groups excluding tert-OH is 1. The molecule has 0 saturated carbocycles. The Morgan fingerprint density at radius 3 is 2.57 bits per heavy atom. The fraction of sp³-hybridized carbons (Fsp3) is 0.294. The standard InChI is InChI=1S/C17H20N2O4/c20-11-9-14(13-5-2-1-3-6-13)19-16(21)8-10-18-17(22)15-7-4-12-23-15/h1-7,12,14,20H,8-11H2,(H,18,22)(H,19,21). The second-order valence-electron chi connectivity index (χ2n) is 5.03. The van der Waals surface area contributed by atoms with E-state index in [4.69, 9.17) is 9.52 Å². The molecule has 2 rings (SSSR count). The summed E-state index contributed by atoms with van der Waals surface area (Å²) in [6, 6.07) is 12.4. The van der Waals surface area contributed by atoms with Crippen LogP contribution in [0.5, 0.6) is 0 Å². The molecular weight excluding hydrogens is 296 g/mol. The molecule has 1 aromatic carbocycles. The van der Waals surface area contributed by atoms with Gasteiger partial charge in [-0.1, -0.05) is 30.3 Å². The van der Waals surface area contributed by atoms with Gasteiger partial charge in [-0.15, -0.1) is 0 Å². The molecule has 1 unspecified atom stereocenters. The summed E-state index contributed by atoms with van der Waals surface area (Å²) < 4.78 is 4.97. The van der Waals surface area contributed by atoms with E-state index in [1.807, 2.05) is 30.3 Å². The lowest BCUT2D eigenvalue weighted by Crippen LogP contribution is -2.33. The molecule has 0 fully saturated rings. The quantitative estimate of drug-likeness (QED) is 0.690. The number of aliphatic hydroxyl groups is 1. The smallest absolute Gasteiger partial charge is 0.286 e. The van der Waals surface area contributed by atoms with Crippen LogP contribution in [0, 0.1) is 0 Å². The monoisotopic (exact) mass is 316 g/mol. The van der Waals surface area contributed by atoms with Gasteiger partial charge in [0.15, 0.2) is 5.76 Å². The number of benzene rings is 1. The van der Waals surface area contributed by atoms with Crippen LogP contribution < -0.4 is 10.6 Å². The van der Waals surface area contributed by atoms with Gasteiger partial charge in [0.25, 0.3) is 5.91 Å². The molecule has 23 heavy (non-hydrogen) atoms. The molecule has 1 aromatic heterocycles. The Balaban J connectivity index is 1.79. The lowest BCUT2D eigenvalue weighted by atomic mass is 10.0. The van der Waals surface area contributed by atoms with Gasteiger partial charge in [0.05, 0.1) is 12.3 Å². The Hall–Kier alpha value is -2.60. The molecule has 0 bridgehead atoms. The fourth-order valence-corrected chi connectivity index (χ4v) is 2.19. The second kappa shape index (κ2) is 8.75. The highest BCUT2D eigenvalue weighted by Crippen LogP contribution is 2.16. The minimum Gasteiger partial charge on any atom is -0.459 e. The molecule has 0 spiro atoms. The highest BCUT2D eigenvalue weighted by molar-refractivity contribution is 5.91. The molecule has 2 aromatic rings. The first-order valence-electron chi connectivity index (χ1n) is 7.47. The van der Waals surface area contributed by atoms with E-state index in [2.05, 4.69) is 10.6 Å². The Morgan fingerprint density at radius 1 is 1.13 bits per heavy atom. The molecule has 0 aliphatic heterocycles. The van der Waals surface area contributed by atoms with Crippen LogP contribution in [-0.2, 0) is 4.79 Å². The molecule has 0 aliphatic carbocycles. The molecular formula is C17H20N2O4. The molecule has 122 valence electrons. The van der Waals surface area contributed by atoms with Gasteiger partial charge < -0.3 is 20.2 Å². The molecule has 6 nitrogen and oxygen atoms in total. The van der Waals surface area contributed by atoms with Crippen molar-refractivity contribution < 1.29 is 19.1 Å². The van der Waals surface area contributed by atoms with Crippen LogP contribution in [0.3, 0.4) is 0 Å². The van der Waals surface area contributed by atoms with Crippen LogP contribution in [0.25, 0.3) is 0 Å². The minimum atomic E-state index is -0.349. The van der Waals surface area contributed by atoms with Crippen LogP contribution in [0.2, 0.25) is 0 Å². The van der Waals surface area contributed by atoms with E-state index in [-0.39, 0.29) is 43.2 Å². The van der Waals surface area contributed by atoms with Gasteiger partial charge in [-0.25, -0.2) is 0 Å². The third-order valence-corrected chi connectivity index (χ3v) is 3.34. The van der Waals surface area contributed by atoms with Crippen molar-refractivity contribution in [3.8, 4) is 0 Å². The number of rotatable bonds is 8. The van der Waals surface area contributed by atoms with E-state index < -0.39 is 0 Å². The SMILES string of the molecule is O=C(CCNC(=O)c1ccco1)NC(CCO)c1ccccc1. The van der Waals surface area contributed by atoms with Crippen molar-refractivity contribution in [2.24, 2.45) is 0 Å². The van der Waals surface area contributed by atoms with E-state index in [0.717, 1.165) is 5.56 Å². The summed E-state index contributed by atoms with van der Waals surface area (Å²) in [4.78, 5) is 23.7. The van der Waals surface area contributed by atoms with Crippen LogP contribution in [-0.4, -0.2) is 30.1 Å². The third kappa shape index (κ3) is 5.27. The van der Waals surface area contributed by atoms with Crippen molar-refractivity contribution in [1.82, 2.24) is 10.6 Å². The molecule has 0 saturated heterocycles. The highest BCUT2D eigenvalue weighted by atomic mass is 16.3. The van der Waals surface area contributed by atoms with Crippen molar-refractivity contribution in [3.63, 3.8) is 0 Å². The van der Waals surface area contributed by atoms with Gasteiger partial charge in [-0.2, -0.15) is 0 Å². The van der Waals surface area contributed by atoms with Crippen molar-refractivity contribution in [3.05, 3.63) is 60.1 Å². The average Bonchev–Trinajstić information content (AvgIpc) is 3.10. The molecule has 2 amide bonds. The summed E-state index contributed by atoms with van der Waals surface area (Å²) in [6.45, 7) is 0.196. The van der Waals surface area contributed by atoms with Crippen molar-refractivity contribution >= 4 is 11.8 Å². The zero-order valence-corrected chi connectivity index (χ0v) is 12.7. The number of nitrogens with one attached hydrogen (secondary N) is 2. The van der Waals surface area contributed by atoms with Gasteiger partial charge in [0.1, 0.15) is 0 Å². The molecule has 6 heteroatoms. The minimum absolute atomic E-state index is 0.0188. The average molecular weight is 316 g/mol. The predicted octanol–water partition coefficient (Wildman–Crippen LogP) is 1.64. The van der Waals surface area contributed by atoms with Gasteiger partial charge in [0.2, 0.25) is 5.91 Å². The molecule has 1 heterocycles. The fourth-order valence-electron chi connectivity index (χ4n) is 2.19. The first-order valence-corrected chi connectivity index (χ1v) is 7.47. The zero-order chi connectivity index (χ0) is 16.5. The number of hydrogen-bond donors (Lipinski definition) is 3. The van der Waals surface area contributed by atoms with E-state index in [1.54, 1.807) is 12.1 Å².